The number of rotatable bonds is 7. The van der Waals surface area contributed by atoms with Crippen LogP contribution in [0.1, 0.15) is 10.4 Å². The van der Waals surface area contributed by atoms with Crippen molar-refractivity contribution in [2.24, 2.45) is 0 Å². The van der Waals surface area contributed by atoms with Crippen LogP contribution in [0.5, 0.6) is 0 Å². The van der Waals surface area contributed by atoms with Crippen molar-refractivity contribution in [3.05, 3.63) is 35.9 Å². The van der Waals surface area contributed by atoms with Gasteiger partial charge in [0.15, 0.2) is 0 Å². The minimum absolute atomic E-state index is 0.331. The van der Waals surface area contributed by atoms with E-state index >= 15 is 0 Å². The lowest BCUT2D eigenvalue weighted by Gasteiger charge is -2.00. The first-order chi connectivity index (χ1) is 8.72. The number of hydrogen-bond donors (Lipinski definition) is 1. The van der Waals surface area contributed by atoms with Gasteiger partial charge in [0.1, 0.15) is 0 Å². The minimum atomic E-state index is -0.879. The average Bonchev–Trinajstić information content (AvgIpc) is 2.40. The number of carbonyl (C=O) groups is 1. The standard InChI is InChI=1S/C7H6O2.C6H14O3/c8-7(9)6-4-2-1-3-5-6;1-7-3-5-9-6-4-8-2/h1-5H,(H,8,9);3-6H2,1-2H3. The summed E-state index contributed by atoms with van der Waals surface area (Å²) in [7, 11) is 3.30. The number of carboxylic acid groups (broad SMARTS) is 1. The molecule has 0 unspecified atom stereocenters. The third-order valence-corrected chi connectivity index (χ3v) is 1.88. The van der Waals surface area contributed by atoms with Crippen LogP contribution in [-0.2, 0) is 14.2 Å². The Balaban J connectivity index is 0.000000321. The fourth-order valence-corrected chi connectivity index (χ4v) is 0.967. The Morgan fingerprint density at radius 1 is 1.00 bits per heavy atom. The van der Waals surface area contributed by atoms with Crippen molar-refractivity contribution < 1.29 is 24.1 Å². The lowest BCUT2D eigenvalue weighted by atomic mass is 10.2. The molecule has 1 N–H and O–H groups in total. The van der Waals surface area contributed by atoms with E-state index in [0.717, 1.165) is 0 Å². The van der Waals surface area contributed by atoms with Crippen LogP contribution in [0, 0.1) is 0 Å². The molecule has 0 amide bonds. The maximum Gasteiger partial charge on any atom is 0.335 e. The van der Waals surface area contributed by atoms with Crippen LogP contribution in [-0.4, -0.2) is 51.7 Å². The van der Waals surface area contributed by atoms with Crippen LogP contribution < -0.4 is 0 Å². The molecule has 0 aromatic heterocycles. The molecule has 1 rings (SSSR count). The van der Waals surface area contributed by atoms with E-state index in [1.54, 1.807) is 44.6 Å². The number of carboxylic acids is 1. The number of aromatic carboxylic acids is 1. The fourth-order valence-electron chi connectivity index (χ4n) is 0.967. The van der Waals surface area contributed by atoms with Gasteiger partial charge < -0.3 is 19.3 Å². The van der Waals surface area contributed by atoms with Crippen molar-refractivity contribution in [2.45, 2.75) is 0 Å². The SMILES string of the molecule is COCCOCCOC.O=C(O)c1ccccc1. The molecule has 102 valence electrons. The van der Waals surface area contributed by atoms with Gasteiger partial charge in [0.25, 0.3) is 0 Å². The smallest absolute Gasteiger partial charge is 0.335 e. The summed E-state index contributed by atoms with van der Waals surface area (Å²) in [6.45, 7) is 2.62. The zero-order chi connectivity index (χ0) is 13.6. The summed E-state index contributed by atoms with van der Waals surface area (Å²) in [6.07, 6.45) is 0. The maximum atomic E-state index is 10.2. The Morgan fingerprint density at radius 2 is 1.50 bits per heavy atom. The van der Waals surface area contributed by atoms with Crippen LogP contribution in [0.2, 0.25) is 0 Å². The van der Waals surface area contributed by atoms with Gasteiger partial charge in [-0.1, -0.05) is 18.2 Å². The van der Waals surface area contributed by atoms with Gasteiger partial charge >= 0.3 is 5.97 Å². The molecule has 0 heterocycles. The predicted octanol–water partition coefficient (Wildman–Crippen LogP) is 1.68. The summed E-state index contributed by atoms with van der Waals surface area (Å²) < 4.78 is 14.6. The largest absolute Gasteiger partial charge is 0.478 e. The number of methoxy groups -OCH3 is 2. The summed E-state index contributed by atoms with van der Waals surface area (Å²) in [5, 5.41) is 8.38. The van der Waals surface area contributed by atoms with E-state index in [9.17, 15) is 4.79 Å². The molecule has 0 fully saturated rings. The number of ether oxygens (including phenoxy) is 3. The molecule has 1 aromatic carbocycles. The van der Waals surface area contributed by atoms with E-state index in [-0.39, 0.29) is 0 Å². The van der Waals surface area contributed by atoms with Crippen LogP contribution in [0.15, 0.2) is 30.3 Å². The van der Waals surface area contributed by atoms with Gasteiger partial charge in [0.05, 0.1) is 32.0 Å². The van der Waals surface area contributed by atoms with E-state index in [1.165, 1.54) is 0 Å². The monoisotopic (exact) mass is 256 g/mol. The molecule has 0 spiro atoms. The minimum Gasteiger partial charge on any atom is -0.478 e. The molecule has 0 atom stereocenters. The molecule has 0 saturated heterocycles. The molecule has 18 heavy (non-hydrogen) atoms. The fraction of sp³-hybridized carbons (Fsp3) is 0.462. The van der Waals surface area contributed by atoms with Gasteiger partial charge in [-0.15, -0.1) is 0 Å². The Labute approximate surface area is 107 Å². The highest BCUT2D eigenvalue weighted by atomic mass is 16.5. The van der Waals surface area contributed by atoms with E-state index in [4.69, 9.17) is 19.3 Å². The highest BCUT2D eigenvalue weighted by molar-refractivity contribution is 5.87. The van der Waals surface area contributed by atoms with Crippen molar-refractivity contribution in [3.8, 4) is 0 Å². The summed E-state index contributed by atoms with van der Waals surface area (Å²) in [5.41, 5.74) is 0.331. The van der Waals surface area contributed by atoms with Crippen LogP contribution in [0.3, 0.4) is 0 Å². The maximum absolute atomic E-state index is 10.2. The molecular formula is C13H20O5. The lowest BCUT2D eigenvalue weighted by Crippen LogP contribution is -2.06. The summed E-state index contributed by atoms with van der Waals surface area (Å²) in [4.78, 5) is 10.2. The molecule has 0 aliphatic heterocycles. The van der Waals surface area contributed by atoms with Gasteiger partial charge in [-0.25, -0.2) is 4.79 Å². The van der Waals surface area contributed by atoms with E-state index < -0.39 is 5.97 Å². The first-order valence-corrected chi connectivity index (χ1v) is 5.56. The third kappa shape index (κ3) is 9.77. The molecule has 0 aliphatic rings. The Morgan fingerprint density at radius 3 is 1.83 bits per heavy atom. The number of hydrogen-bond acceptors (Lipinski definition) is 4. The lowest BCUT2D eigenvalue weighted by molar-refractivity contribution is 0.0385. The Bertz CT molecular complexity index is 294. The second-order valence-electron chi connectivity index (χ2n) is 3.27. The zero-order valence-corrected chi connectivity index (χ0v) is 10.8. The first-order valence-electron chi connectivity index (χ1n) is 5.56. The molecule has 0 saturated carbocycles. The van der Waals surface area contributed by atoms with Crippen molar-refractivity contribution >= 4 is 5.97 Å². The quantitative estimate of drug-likeness (QED) is 0.752. The molecule has 0 radical (unpaired) electrons. The van der Waals surface area contributed by atoms with Crippen LogP contribution in [0.4, 0.5) is 0 Å². The van der Waals surface area contributed by atoms with Gasteiger partial charge in [-0.05, 0) is 12.1 Å². The normalized spacial score (nSPS) is 9.44. The Hall–Kier alpha value is -1.43. The first kappa shape index (κ1) is 16.6. The second-order valence-corrected chi connectivity index (χ2v) is 3.27. The van der Waals surface area contributed by atoms with E-state index in [0.29, 0.717) is 32.0 Å². The summed E-state index contributed by atoms with van der Waals surface area (Å²) in [6, 6.07) is 8.30. The van der Waals surface area contributed by atoms with Gasteiger partial charge in [0, 0.05) is 14.2 Å². The van der Waals surface area contributed by atoms with Gasteiger partial charge in [-0.3, -0.25) is 0 Å². The van der Waals surface area contributed by atoms with Crippen LogP contribution in [0.25, 0.3) is 0 Å². The zero-order valence-electron chi connectivity index (χ0n) is 10.8. The van der Waals surface area contributed by atoms with Crippen molar-refractivity contribution in [1.82, 2.24) is 0 Å². The molecule has 0 aliphatic carbocycles. The number of benzene rings is 1. The third-order valence-electron chi connectivity index (χ3n) is 1.88. The highest BCUT2D eigenvalue weighted by Gasteiger charge is 1.96. The predicted molar refractivity (Wildman–Crippen MR) is 68.0 cm³/mol. The van der Waals surface area contributed by atoms with Crippen molar-refractivity contribution in [3.63, 3.8) is 0 Å². The van der Waals surface area contributed by atoms with Gasteiger partial charge in [-0.2, -0.15) is 0 Å². The molecular weight excluding hydrogens is 236 g/mol. The van der Waals surface area contributed by atoms with Crippen molar-refractivity contribution in [1.29, 1.82) is 0 Å². The highest BCUT2D eigenvalue weighted by Crippen LogP contribution is 1.96. The van der Waals surface area contributed by atoms with Gasteiger partial charge in [0.2, 0.25) is 0 Å². The second kappa shape index (κ2) is 12.0. The topological polar surface area (TPSA) is 65.0 Å². The molecule has 1 aromatic rings. The van der Waals surface area contributed by atoms with E-state index in [1.807, 2.05) is 0 Å². The molecule has 0 bridgehead atoms. The average molecular weight is 256 g/mol. The van der Waals surface area contributed by atoms with Crippen LogP contribution >= 0.6 is 0 Å². The molecule has 5 nitrogen and oxygen atoms in total. The summed E-state index contributed by atoms with van der Waals surface area (Å²) >= 11 is 0. The van der Waals surface area contributed by atoms with Crippen molar-refractivity contribution in [2.75, 3.05) is 40.6 Å². The Kier molecular flexibility index (Phi) is 11.1. The molecule has 5 heteroatoms. The summed E-state index contributed by atoms with van der Waals surface area (Å²) in [5.74, 6) is -0.879. The van der Waals surface area contributed by atoms with E-state index in [2.05, 4.69) is 0 Å².